The molecule has 0 saturated carbocycles. The average molecular weight is 270 g/mol. The first-order valence-corrected chi connectivity index (χ1v) is 7.40. The molecule has 0 fully saturated rings. The quantitative estimate of drug-likeness (QED) is 0.889. The lowest BCUT2D eigenvalue weighted by Crippen LogP contribution is -2.15. The summed E-state index contributed by atoms with van der Waals surface area (Å²) < 4.78 is 24.2. The van der Waals surface area contributed by atoms with Crippen molar-refractivity contribution in [2.24, 2.45) is 0 Å². The number of hydrogen-bond acceptors (Lipinski definition) is 3. The largest absolute Gasteiger partial charge is 0.481 e. The first kappa shape index (κ1) is 14.7. The highest BCUT2D eigenvalue weighted by molar-refractivity contribution is 7.92. The van der Waals surface area contributed by atoms with Gasteiger partial charge in [-0.2, -0.15) is 0 Å². The highest BCUT2D eigenvalue weighted by atomic mass is 32.2. The number of hydrogen-bond donors (Lipinski definition) is 1. The molecule has 100 valence electrons. The van der Waals surface area contributed by atoms with Crippen LogP contribution < -0.4 is 0 Å². The lowest BCUT2D eigenvalue weighted by molar-refractivity contribution is -0.136. The first-order valence-electron chi connectivity index (χ1n) is 5.86. The zero-order chi connectivity index (χ0) is 13.9. The van der Waals surface area contributed by atoms with E-state index in [-0.39, 0.29) is 11.3 Å². The van der Waals surface area contributed by atoms with Gasteiger partial charge in [0.2, 0.25) is 0 Å². The molecular formula is C13H18O4S. The van der Waals surface area contributed by atoms with Crippen LogP contribution in [0.25, 0.3) is 0 Å². The van der Waals surface area contributed by atoms with Crippen molar-refractivity contribution in [3.8, 4) is 0 Å². The molecule has 1 aromatic rings. The molecular weight excluding hydrogens is 252 g/mol. The van der Waals surface area contributed by atoms with E-state index in [4.69, 9.17) is 5.11 Å². The molecule has 0 aromatic heterocycles. The predicted octanol–water partition coefficient (Wildman–Crippen LogP) is 2.06. The van der Waals surface area contributed by atoms with Crippen LogP contribution in [0.3, 0.4) is 0 Å². The molecule has 0 aliphatic heterocycles. The van der Waals surface area contributed by atoms with Gasteiger partial charge in [-0.15, -0.1) is 0 Å². The Morgan fingerprint density at radius 2 is 1.78 bits per heavy atom. The van der Waals surface area contributed by atoms with Crippen molar-refractivity contribution in [2.75, 3.05) is 0 Å². The number of rotatable bonds is 5. The van der Waals surface area contributed by atoms with E-state index < -0.39 is 21.1 Å². The summed E-state index contributed by atoms with van der Waals surface area (Å²) in [4.78, 5) is 10.9. The van der Waals surface area contributed by atoms with Crippen LogP contribution in [0.15, 0.2) is 23.1 Å². The van der Waals surface area contributed by atoms with Gasteiger partial charge in [-0.05, 0) is 43.5 Å². The van der Waals surface area contributed by atoms with E-state index in [0.717, 1.165) is 5.56 Å². The van der Waals surface area contributed by atoms with E-state index in [0.29, 0.717) is 12.0 Å². The third-order valence-electron chi connectivity index (χ3n) is 2.74. The molecule has 0 aliphatic carbocycles. The normalized spacial score (nSPS) is 11.8. The minimum atomic E-state index is -3.36. The minimum Gasteiger partial charge on any atom is -0.481 e. The second-order valence-corrected chi connectivity index (χ2v) is 7.01. The number of carboxylic acid groups (broad SMARTS) is 1. The fourth-order valence-corrected chi connectivity index (χ4v) is 2.82. The van der Waals surface area contributed by atoms with Crippen LogP contribution in [0.2, 0.25) is 0 Å². The Morgan fingerprint density at radius 3 is 2.22 bits per heavy atom. The summed E-state index contributed by atoms with van der Waals surface area (Å²) in [6, 6.07) is 4.83. The Kier molecular flexibility index (Phi) is 4.51. The molecule has 5 heteroatoms. The molecule has 1 aromatic carbocycles. The Bertz CT molecular complexity index is 544. The van der Waals surface area contributed by atoms with Crippen LogP contribution in [0, 0.1) is 0 Å². The van der Waals surface area contributed by atoms with Gasteiger partial charge in [-0.1, -0.05) is 13.0 Å². The van der Waals surface area contributed by atoms with E-state index in [1.165, 1.54) is 6.07 Å². The molecule has 0 spiro atoms. The third kappa shape index (κ3) is 3.32. The first-order chi connectivity index (χ1) is 8.27. The minimum absolute atomic E-state index is 0.158. The van der Waals surface area contributed by atoms with Crippen molar-refractivity contribution in [2.45, 2.75) is 43.8 Å². The fraction of sp³-hybridized carbons (Fsp3) is 0.462. The molecule has 0 radical (unpaired) electrons. The third-order valence-corrected chi connectivity index (χ3v) is 4.87. The molecule has 0 unspecified atom stereocenters. The van der Waals surface area contributed by atoms with E-state index >= 15 is 0 Å². The van der Waals surface area contributed by atoms with Gasteiger partial charge >= 0.3 is 5.97 Å². The molecule has 0 bridgehead atoms. The Labute approximate surface area is 108 Å². The topological polar surface area (TPSA) is 71.4 Å². The Balaban J connectivity index is 3.33. The zero-order valence-electron chi connectivity index (χ0n) is 10.8. The van der Waals surface area contributed by atoms with Gasteiger partial charge in [0.1, 0.15) is 0 Å². The van der Waals surface area contributed by atoms with Crippen molar-refractivity contribution in [3.05, 3.63) is 29.3 Å². The van der Waals surface area contributed by atoms with Gasteiger partial charge < -0.3 is 5.11 Å². The predicted molar refractivity (Wildman–Crippen MR) is 69.5 cm³/mol. The number of carbonyl (C=O) groups is 1. The molecule has 0 aliphatic rings. The second-order valence-electron chi connectivity index (χ2n) is 4.50. The van der Waals surface area contributed by atoms with Crippen molar-refractivity contribution in [3.63, 3.8) is 0 Å². The SMILES string of the molecule is CCc1cc(CC(=O)O)cc(S(=O)(=O)C(C)C)c1. The van der Waals surface area contributed by atoms with Gasteiger partial charge in [-0.25, -0.2) is 8.42 Å². The maximum Gasteiger partial charge on any atom is 0.307 e. The Morgan fingerprint density at radius 1 is 1.22 bits per heavy atom. The molecule has 0 heterocycles. The summed E-state index contributed by atoms with van der Waals surface area (Å²) in [5, 5.41) is 8.27. The maximum absolute atomic E-state index is 12.1. The molecule has 1 rings (SSSR count). The van der Waals surface area contributed by atoms with Crippen molar-refractivity contribution in [1.82, 2.24) is 0 Å². The van der Waals surface area contributed by atoms with Crippen LogP contribution in [0.5, 0.6) is 0 Å². The van der Waals surface area contributed by atoms with Gasteiger partial charge in [0.25, 0.3) is 0 Å². The van der Waals surface area contributed by atoms with E-state index in [1.54, 1.807) is 26.0 Å². The number of aliphatic carboxylic acids is 1. The zero-order valence-corrected chi connectivity index (χ0v) is 11.6. The standard InChI is InChI=1S/C13H18O4S/c1-4-10-5-11(8-13(14)15)7-12(6-10)18(16,17)9(2)3/h5-7,9H,4,8H2,1-3H3,(H,14,15). The molecule has 0 atom stereocenters. The second kappa shape index (κ2) is 5.52. The van der Waals surface area contributed by atoms with Gasteiger partial charge in [-0.3, -0.25) is 4.79 Å². The van der Waals surface area contributed by atoms with Crippen molar-refractivity contribution >= 4 is 15.8 Å². The van der Waals surface area contributed by atoms with Crippen LogP contribution in [0.4, 0.5) is 0 Å². The monoisotopic (exact) mass is 270 g/mol. The summed E-state index contributed by atoms with van der Waals surface area (Å²) in [5.41, 5.74) is 1.37. The molecule has 18 heavy (non-hydrogen) atoms. The van der Waals surface area contributed by atoms with E-state index in [2.05, 4.69) is 0 Å². The highest BCUT2D eigenvalue weighted by Gasteiger charge is 2.20. The lowest BCUT2D eigenvalue weighted by atomic mass is 10.1. The average Bonchev–Trinajstić information content (AvgIpc) is 2.27. The lowest BCUT2D eigenvalue weighted by Gasteiger charge is -2.11. The summed E-state index contributed by atoms with van der Waals surface area (Å²) in [7, 11) is -3.36. The molecule has 4 nitrogen and oxygen atoms in total. The number of aryl methyl sites for hydroxylation is 1. The smallest absolute Gasteiger partial charge is 0.307 e. The van der Waals surface area contributed by atoms with Crippen LogP contribution in [0.1, 0.15) is 31.9 Å². The summed E-state index contributed by atoms with van der Waals surface area (Å²) >= 11 is 0. The van der Waals surface area contributed by atoms with Crippen molar-refractivity contribution in [1.29, 1.82) is 0 Å². The number of carboxylic acids is 1. The van der Waals surface area contributed by atoms with Crippen LogP contribution >= 0.6 is 0 Å². The van der Waals surface area contributed by atoms with E-state index in [9.17, 15) is 13.2 Å². The number of sulfone groups is 1. The summed E-state index contributed by atoms with van der Waals surface area (Å²) in [6.07, 6.45) is 0.516. The summed E-state index contributed by atoms with van der Waals surface area (Å²) in [6.45, 7) is 5.14. The molecule has 1 N–H and O–H groups in total. The Hall–Kier alpha value is -1.36. The van der Waals surface area contributed by atoms with Gasteiger partial charge in [0.05, 0.1) is 16.6 Å². The fourth-order valence-electron chi connectivity index (χ4n) is 1.65. The van der Waals surface area contributed by atoms with Crippen molar-refractivity contribution < 1.29 is 18.3 Å². The van der Waals surface area contributed by atoms with Crippen LogP contribution in [-0.2, 0) is 27.5 Å². The number of benzene rings is 1. The van der Waals surface area contributed by atoms with Gasteiger partial charge in [0, 0.05) is 0 Å². The van der Waals surface area contributed by atoms with Crippen LogP contribution in [-0.4, -0.2) is 24.7 Å². The summed E-state index contributed by atoms with van der Waals surface area (Å²) in [5.74, 6) is -0.962. The maximum atomic E-state index is 12.1. The molecule has 0 saturated heterocycles. The molecule has 0 amide bonds. The van der Waals surface area contributed by atoms with Gasteiger partial charge in [0.15, 0.2) is 9.84 Å². The van der Waals surface area contributed by atoms with E-state index in [1.807, 2.05) is 6.92 Å². The highest BCUT2D eigenvalue weighted by Crippen LogP contribution is 2.20.